The van der Waals surface area contributed by atoms with Crippen molar-refractivity contribution in [2.45, 2.75) is 25.9 Å². The van der Waals surface area contributed by atoms with Crippen LogP contribution in [0.5, 0.6) is 11.5 Å². The van der Waals surface area contributed by atoms with Crippen LogP contribution in [0.3, 0.4) is 0 Å². The molecule has 0 aliphatic rings. The lowest BCUT2D eigenvalue weighted by atomic mass is 10.2. The molecule has 0 amide bonds. The van der Waals surface area contributed by atoms with Crippen molar-refractivity contribution in [3.05, 3.63) is 60.2 Å². The zero-order valence-electron chi connectivity index (χ0n) is 11.8. The maximum absolute atomic E-state index is 9.17. The Morgan fingerprint density at radius 2 is 1.80 bits per heavy atom. The van der Waals surface area contributed by atoms with Gasteiger partial charge in [0.1, 0.15) is 11.5 Å². The SMILES string of the molecule is CC[C@@H](CO)NCc1cccc(Oc2ccccc2)c1. The van der Waals surface area contributed by atoms with Gasteiger partial charge >= 0.3 is 0 Å². The normalized spacial score (nSPS) is 12.1. The molecule has 2 aromatic carbocycles. The van der Waals surface area contributed by atoms with E-state index in [9.17, 15) is 0 Å². The van der Waals surface area contributed by atoms with Crippen LogP contribution in [0, 0.1) is 0 Å². The largest absolute Gasteiger partial charge is 0.457 e. The number of aliphatic hydroxyl groups excluding tert-OH is 1. The molecule has 2 N–H and O–H groups in total. The molecule has 0 unspecified atom stereocenters. The molecule has 106 valence electrons. The molecule has 0 fully saturated rings. The highest BCUT2D eigenvalue weighted by Gasteiger charge is 2.04. The summed E-state index contributed by atoms with van der Waals surface area (Å²) < 4.78 is 5.80. The van der Waals surface area contributed by atoms with Gasteiger partial charge in [0.2, 0.25) is 0 Å². The maximum atomic E-state index is 9.17. The molecule has 0 spiro atoms. The Morgan fingerprint density at radius 1 is 1.05 bits per heavy atom. The maximum Gasteiger partial charge on any atom is 0.127 e. The van der Waals surface area contributed by atoms with Crippen molar-refractivity contribution in [1.29, 1.82) is 0 Å². The lowest BCUT2D eigenvalue weighted by Gasteiger charge is -2.14. The van der Waals surface area contributed by atoms with Crippen molar-refractivity contribution in [2.75, 3.05) is 6.61 Å². The second kappa shape index (κ2) is 7.68. The summed E-state index contributed by atoms with van der Waals surface area (Å²) in [7, 11) is 0. The number of nitrogens with one attached hydrogen (secondary N) is 1. The van der Waals surface area contributed by atoms with E-state index in [1.165, 1.54) is 0 Å². The van der Waals surface area contributed by atoms with E-state index in [2.05, 4.69) is 18.3 Å². The summed E-state index contributed by atoms with van der Waals surface area (Å²) >= 11 is 0. The Labute approximate surface area is 120 Å². The van der Waals surface area contributed by atoms with Gasteiger partial charge in [-0.25, -0.2) is 0 Å². The first kappa shape index (κ1) is 14.6. The predicted molar refractivity (Wildman–Crippen MR) is 81.0 cm³/mol. The van der Waals surface area contributed by atoms with E-state index in [-0.39, 0.29) is 12.6 Å². The number of rotatable bonds is 7. The quantitative estimate of drug-likeness (QED) is 0.811. The van der Waals surface area contributed by atoms with E-state index < -0.39 is 0 Å². The zero-order valence-corrected chi connectivity index (χ0v) is 11.8. The van der Waals surface area contributed by atoms with E-state index in [0.29, 0.717) is 0 Å². The van der Waals surface area contributed by atoms with E-state index in [1.54, 1.807) is 0 Å². The summed E-state index contributed by atoms with van der Waals surface area (Å²) in [6.45, 7) is 2.95. The number of hydrogen-bond donors (Lipinski definition) is 2. The molecule has 0 aromatic heterocycles. The summed E-state index contributed by atoms with van der Waals surface area (Å²) in [6.07, 6.45) is 0.913. The van der Waals surface area contributed by atoms with Gasteiger partial charge in [0.15, 0.2) is 0 Å². The molecular weight excluding hydrogens is 250 g/mol. The topological polar surface area (TPSA) is 41.5 Å². The highest BCUT2D eigenvalue weighted by Crippen LogP contribution is 2.21. The molecule has 1 atom stereocenters. The molecule has 0 bridgehead atoms. The van der Waals surface area contributed by atoms with Crippen molar-refractivity contribution < 1.29 is 9.84 Å². The summed E-state index contributed by atoms with van der Waals surface area (Å²) in [6, 6.07) is 17.9. The van der Waals surface area contributed by atoms with Crippen LogP contribution in [-0.2, 0) is 6.54 Å². The first-order chi connectivity index (χ1) is 9.81. The highest BCUT2D eigenvalue weighted by molar-refractivity contribution is 5.33. The minimum Gasteiger partial charge on any atom is -0.457 e. The summed E-state index contributed by atoms with van der Waals surface area (Å²) in [4.78, 5) is 0. The van der Waals surface area contributed by atoms with Crippen molar-refractivity contribution in [3.8, 4) is 11.5 Å². The molecule has 3 heteroatoms. The number of aliphatic hydroxyl groups is 1. The van der Waals surface area contributed by atoms with Gasteiger partial charge in [-0.1, -0.05) is 37.3 Å². The summed E-state index contributed by atoms with van der Waals surface area (Å²) in [5.41, 5.74) is 1.14. The third kappa shape index (κ3) is 4.37. The third-order valence-electron chi connectivity index (χ3n) is 3.19. The van der Waals surface area contributed by atoms with E-state index in [4.69, 9.17) is 9.84 Å². The van der Waals surface area contributed by atoms with Crippen LogP contribution in [0.1, 0.15) is 18.9 Å². The fourth-order valence-electron chi connectivity index (χ4n) is 1.94. The Bertz CT molecular complexity index is 509. The monoisotopic (exact) mass is 271 g/mol. The third-order valence-corrected chi connectivity index (χ3v) is 3.19. The van der Waals surface area contributed by atoms with E-state index in [0.717, 1.165) is 30.0 Å². The van der Waals surface area contributed by atoms with E-state index in [1.807, 2.05) is 48.5 Å². The summed E-state index contributed by atoms with van der Waals surface area (Å²) in [5, 5.41) is 12.5. The van der Waals surface area contributed by atoms with Crippen molar-refractivity contribution in [1.82, 2.24) is 5.32 Å². The molecular formula is C17H21NO2. The first-order valence-electron chi connectivity index (χ1n) is 6.98. The fourth-order valence-corrected chi connectivity index (χ4v) is 1.94. The minimum atomic E-state index is 0.147. The molecule has 0 heterocycles. The number of benzene rings is 2. The zero-order chi connectivity index (χ0) is 14.2. The van der Waals surface area contributed by atoms with Crippen LogP contribution in [-0.4, -0.2) is 17.8 Å². The van der Waals surface area contributed by atoms with Gasteiger partial charge in [0, 0.05) is 12.6 Å². The molecule has 2 aromatic rings. The average Bonchev–Trinajstić information content (AvgIpc) is 2.50. The van der Waals surface area contributed by atoms with Gasteiger partial charge in [-0.15, -0.1) is 0 Å². The van der Waals surface area contributed by atoms with Crippen LogP contribution in [0.15, 0.2) is 54.6 Å². The number of para-hydroxylation sites is 1. The highest BCUT2D eigenvalue weighted by atomic mass is 16.5. The van der Waals surface area contributed by atoms with Gasteiger partial charge in [-0.05, 0) is 36.2 Å². The van der Waals surface area contributed by atoms with Gasteiger partial charge in [-0.2, -0.15) is 0 Å². The minimum absolute atomic E-state index is 0.147. The Kier molecular flexibility index (Phi) is 5.59. The van der Waals surface area contributed by atoms with Crippen molar-refractivity contribution in [3.63, 3.8) is 0 Å². The number of hydrogen-bond acceptors (Lipinski definition) is 3. The standard InChI is InChI=1S/C17H21NO2/c1-2-15(13-19)18-12-14-7-6-10-17(11-14)20-16-8-4-3-5-9-16/h3-11,15,18-19H,2,12-13H2,1H3/t15-/m0/s1. The van der Waals surface area contributed by atoms with Gasteiger partial charge in [-0.3, -0.25) is 0 Å². The van der Waals surface area contributed by atoms with Crippen LogP contribution < -0.4 is 10.1 Å². The van der Waals surface area contributed by atoms with Gasteiger partial charge < -0.3 is 15.2 Å². The molecule has 0 aliphatic heterocycles. The Balaban J connectivity index is 1.97. The molecule has 20 heavy (non-hydrogen) atoms. The van der Waals surface area contributed by atoms with Crippen LogP contribution >= 0.6 is 0 Å². The van der Waals surface area contributed by atoms with E-state index >= 15 is 0 Å². The molecule has 0 radical (unpaired) electrons. The van der Waals surface area contributed by atoms with Crippen molar-refractivity contribution >= 4 is 0 Å². The van der Waals surface area contributed by atoms with Crippen molar-refractivity contribution in [2.24, 2.45) is 0 Å². The lowest BCUT2D eigenvalue weighted by molar-refractivity contribution is 0.238. The molecule has 2 rings (SSSR count). The smallest absolute Gasteiger partial charge is 0.127 e. The second-order valence-electron chi connectivity index (χ2n) is 4.73. The van der Waals surface area contributed by atoms with Gasteiger partial charge in [0.05, 0.1) is 6.61 Å². The van der Waals surface area contributed by atoms with Crippen LogP contribution in [0.2, 0.25) is 0 Å². The number of ether oxygens (including phenoxy) is 1. The predicted octanol–water partition coefficient (Wildman–Crippen LogP) is 3.34. The van der Waals surface area contributed by atoms with Crippen LogP contribution in [0.25, 0.3) is 0 Å². The first-order valence-corrected chi connectivity index (χ1v) is 6.98. The van der Waals surface area contributed by atoms with Gasteiger partial charge in [0.25, 0.3) is 0 Å². The molecule has 0 saturated carbocycles. The fraction of sp³-hybridized carbons (Fsp3) is 0.294. The Morgan fingerprint density at radius 3 is 2.50 bits per heavy atom. The average molecular weight is 271 g/mol. The molecule has 0 saturated heterocycles. The Hall–Kier alpha value is -1.84. The summed E-state index contributed by atoms with van der Waals surface area (Å²) in [5.74, 6) is 1.66. The molecule has 3 nitrogen and oxygen atoms in total. The lowest BCUT2D eigenvalue weighted by Crippen LogP contribution is -2.31. The van der Waals surface area contributed by atoms with Crippen LogP contribution in [0.4, 0.5) is 0 Å². The molecule has 0 aliphatic carbocycles. The second-order valence-corrected chi connectivity index (χ2v) is 4.73.